The minimum absolute atomic E-state index is 0.0270. The Labute approximate surface area is 145 Å². The van der Waals surface area contributed by atoms with E-state index in [-0.39, 0.29) is 10.8 Å². The molecule has 2 aliphatic carbocycles. The highest BCUT2D eigenvalue weighted by Gasteiger charge is 2.63. The van der Waals surface area contributed by atoms with Crippen molar-refractivity contribution in [3.63, 3.8) is 0 Å². The number of Topliss-reactive ketones (excluding diaryl/α,β-unsaturated/α-hetero) is 1. The van der Waals surface area contributed by atoms with Gasteiger partial charge in [0, 0.05) is 16.6 Å². The molecule has 2 atom stereocenters. The lowest BCUT2D eigenvalue weighted by Gasteiger charge is -2.31. The van der Waals surface area contributed by atoms with Crippen LogP contribution >= 0.6 is 0 Å². The van der Waals surface area contributed by atoms with Crippen molar-refractivity contribution in [3.8, 4) is 11.5 Å². The number of allylic oxidation sites excluding steroid dienone is 1. The lowest BCUT2D eigenvalue weighted by atomic mass is 9.70. The van der Waals surface area contributed by atoms with Gasteiger partial charge in [-0.15, -0.1) is 0 Å². The first-order valence-corrected chi connectivity index (χ1v) is 9.01. The Morgan fingerprint density at radius 1 is 1.17 bits per heavy atom. The van der Waals surface area contributed by atoms with Gasteiger partial charge in [0.1, 0.15) is 11.5 Å². The highest BCUT2D eigenvalue weighted by atomic mass is 16.5. The third-order valence-corrected chi connectivity index (χ3v) is 6.27. The molecule has 1 aromatic rings. The first kappa shape index (κ1) is 17.1. The highest BCUT2D eigenvalue weighted by molar-refractivity contribution is 6.08. The summed E-state index contributed by atoms with van der Waals surface area (Å²) >= 11 is 0. The van der Waals surface area contributed by atoms with Crippen LogP contribution in [0.1, 0.15) is 53.0 Å². The van der Waals surface area contributed by atoms with Gasteiger partial charge < -0.3 is 9.47 Å². The van der Waals surface area contributed by atoms with Crippen LogP contribution in [0.2, 0.25) is 0 Å². The zero-order chi connectivity index (χ0) is 17.5. The topological polar surface area (TPSA) is 35.5 Å². The molecule has 3 heteroatoms. The summed E-state index contributed by atoms with van der Waals surface area (Å²) in [6.45, 7) is 11.8. The SMILES string of the molecule is CCOc1ccc(OCC)c(C=C2C(=O)C3(C)CCC2C3(C)C)c1. The van der Waals surface area contributed by atoms with Crippen LogP contribution in [-0.2, 0) is 4.79 Å². The zero-order valence-electron chi connectivity index (χ0n) is 15.4. The van der Waals surface area contributed by atoms with Gasteiger partial charge in [-0.25, -0.2) is 0 Å². The van der Waals surface area contributed by atoms with Crippen molar-refractivity contribution in [3.05, 3.63) is 29.3 Å². The number of hydrogen-bond acceptors (Lipinski definition) is 3. The number of ether oxygens (including phenoxy) is 2. The van der Waals surface area contributed by atoms with Gasteiger partial charge in [0.15, 0.2) is 5.78 Å². The predicted molar refractivity (Wildman–Crippen MR) is 96.4 cm³/mol. The van der Waals surface area contributed by atoms with E-state index in [4.69, 9.17) is 9.47 Å². The van der Waals surface area contributed by atoms with Gasteiger partial charge in [-0.05, 0) is 62.3 Å². The van der Waals surface area contributed by atoms with Gasteiger partial charge in [0.2, 0.25) is 0 Å². The van der Waals surface area contributed by atoms with E-state index in [1.54, 1.807) is 0 Å². The Balaban J connectivity index is 2.05. The fourth-order valence-electron chi connectivity index (χ4n) is 4.44. The molecular formula is C21H28O3. The molecule has 2 bridgehead atoms. The van der Waals surface area contributed by atoms with Gasteiger partial charge in [-0.3, -0.25) is 4.79 Å². The maximum Gasteiger partial charge on any atom is 0.165 e. The molecule has 0 heterocycles. The zero-order valence-corrected chi connectivity index (χ0v) is 15.4. The van der Waals surface area contributed by atoms with Crippen molar-refractivity contribution in [2.45, 2.75) is 47.5 Å². The highest BCUT2D eigenvalue weighted by Crippen LogP contribution is 2.65. The summed E-state index contributed by atoms with van der Waals surface area (Å²) in [6.07, 6.45) is 4.14. The molecule has 3 nitrogen and oxygen atoms in total. The van der Waals surface area contributed by atoms with E-state index in [0.29, 0.717) is 24.9 Å². The molecule has 1 aromatic carbocycles. The third-order valence-electron chi connectivity index (χ3n) is 6.27. The van der Waals surface area contributed by atoms with Crippen LogP contribution in [0.3, 0.4) is 0 Å². The molecule has 0 N–H and O–H groups in total. The number of benzene rings is 1. The van der Waals surface area contributed by atoms with Gasteiger partial charge in [-0.1, -0.05) is 20.8 Å². The van der Waals surface area contributed by atoms with Crippen molar-refractivity contribution >= 4 is 11.9 Å². The van der Waals surface area contributed by atoms with Crippen molar-refractivity contribution in [2.75, 3.05) is 13.2 Å². The van der Waals surface area contributed by atoms with Crippen LogP contribution in [0.25, 0.3) is 6.08 Å². The smallest absolute Gasteiger partial charge is 0.165 e. The fourth-order valence-corrected chi connectivity index (χ4v) is 4.44. The summed E-state index contributed by atoms with van der Waals surface area (Å²) < 4.78 is 11.4. The van der Waals surface area contributed by atoms with Gasteiger partial charge in [0.05, 0.1) is 13.2 Å². The molecule has 0 saturated heterocycles. The Bertz CT molecular complexity index is 686. The van der Waals surface area contributed by atoms with Crippen LogP contribution in [0.15, 0.2) is 23.8 Å². The molecule has 3 rings (SSSR count). The number of fused-ring (bicyclic) bond motifs is 2. The van der Waals surface area contributed by atoms with Gasteiger partial charge >= 0.3 is 0 Å². The first-order chi connectivity index (χ1) is 11.3. The maximum atomic E-state index is 13.0. The molecule has 2 aliphatic rings. The molecule has 130 valence electrons. The number of ketones is 1. The average Bonchev–Trinajstić information content (AvgIpc) is 2.84. The van der Waals surface area contributed by atoms with E-state index in [2.05, 4.69) is 20.8 Å². The molecule has 0 radical (unpaired) electrons. The van der Waals surface area contributed by atoms with Gasteiger partial charge in [-0.2, -0.15) is 0 Å². The van der Waals surface area contributed by atoms with Crippen LogP contribution < -0.4 is 9.47 Å². The molecule has 0 aromatic heterocycles. The monoisotopic (exact) mass is 328 g/mol. The van der Waals surface area contributed by atoms with Crippen molar-refractivity contribution in [1.82, 2.24) is 0 Å². The van der Waals surface area contributed by atoms with Gasteiger partial charge in [0.25, 0.3) is 0 Å². The lowest BCUT2D eigenvalue weighted by molar-refractivity contribution is -0.125. The summed E-state index contributed by atoms with van der Waals surface area (Å²) in [5.74, 6) is 2.27. The van der Waals surface area contributed by atoms with Crippen LogP contribution in [0.5, 0.6) is 11.5 Å². The fraction of sp³-hybridized carbons (Fsp3) is 0.571. The molecule has 2 saturated carbocycles. The molecule has 2 fully saturated rings. The molecule has 2 unspecified atom stereocenters. The van der Waals surface area contributed by atoms with E-state index in [0.717, 1.165) is 35.5 Å². The Morgan fingerprint density at radius 3 is 2.46 bits per heavy atom. The normalized spacial score (nSPS) is 29.3. The largest absolute Gasteiger partial charge is 0.494 e. The maximum absolute atomic E-state index is 13.0. The summed E-state index contributed by atoms with van der Waals surface area (Å²) in [4.78, 5) is 13.0. The second-order valence-corrected chi connectivity index (χ2v) is 7.64. The molecule has 24 heavy (non-hydrogen) atoms. The van der Waals surface area contributed by atoms with Crippen LogP contribution in [0, 0.1) is 16.7 Å². The molecule has 0 spiro atoms. The minimum Gasteiger partial charge on any atom is -0.494 e. The minimum atomic E-state index is -0.229. The molecular weight excluding hydrogens is 300 g/mol. The van der Waals surface area contributed by atoms with E-state index in [1.807, 2.05) is 38.1 Å². The Hall–Kier alpha value is -1.77. The predicted octanol–water partition coefficient (Wildman–Crippen LogP) is 4.89. The summed E-state index contributed by atoms with van der Waals surface area (Å²) in [7, 11) is 0. The van der Waals surface area contributed by atoms with E-state index in [1.165, 1.54) is 0 Å². The summed E-state index contributed by atoms with van der Waals surface area (Å²) in [6, 6.07) is 5.84. The Kier molecular flexibility index (Phi) is 4.23. The van der Waals surface area contributed by atoms with Crippen LogP contribution in [0.4, 0.5) is 0 Å². The second kappa shape index (κ2) is 5.94. The Morgan fingerprint density at radius 2 is 1.88 bits per heavy atom. The number of rotatable bonds is 5. The average molecular weight is 328 g/mol. The lowest BCUT2D eigenvalue weighted by Crippen LogP contribution is -2.32. The van der Waals surface area contributed by atoms with E-state index < -0.39 is 0 Å². The summed E-state index contributed by atoms with van der Waals surface area (Å²) in [5.41, 5.74) is 1.70. The number of carbonyl (C=O) groups excluding carboxylic acids is 1. The second-order valence-electron chi connectivity index (χ2n) is 7.64. The van der Waals surface area contributed by atoms with Crippen molar-refractivity contribution in [2.24, 2.45) is 16.7 Å². The first-order valence-electron chi connectivity index (χ1n) is 9.01. The standard InChI is InChI=1S/C21H28O3/c1-6-23-15-8-9-18(24-7-2)14(12-15)13-16-17-10-11-21(5,19(16)22)20(17,3)4/h8-9,12-13,17H,6-7,10-11H2,1-5H3. The van der Waals surface area contributed by atoms with Crippen molar-refractivity contribution < 1.29 is 14.3 Å². The quantitative estimate of drug-likeness (QED) is 0.722. The van der Waals surface area contributed by atoms with Crippen LogP contribution in [-0.4, -0.2) is 19.0 Å². The number of hydrogen-bond donors (Lipinski definition) is 0. The third kappa shape index (κ3) is 2.37. The molecule has 0 aliphatic heterocycles. The summed E-state index contributed by atoms with van der Waals surface area (Å²) in [5, 5.41) is 0. The number of carbonyl (C=O) groups is 1. The van der Waals surface area contributed by atoms with E-state index in [9.17, 15) is 4.79 Å². The van der Waals surface area contributed by atoms with E-state index >= 15 is 0 Å². The van der Waals surface area contributed by atoms with Crippen molar-refractivity contribution in [1.29, 1.82) is 0 Å². The molecule has 0 amide bonds.